The van der Waals surface area contributed by atoms with Crippen LogP contribution in [0, 0.1) is 0 Å². The van der Waals surface area contributed by atoms with Crippen LogP contribution in [0.3, 0.4) is 0 Å². The molecular weight excluding hydrogens is 612 g/mol. The highest BCUT2D eigenvalue weighted by Gasteiger charge is 2.29. The molecule has 3 N–H and O–H groups in total. The molecule has 0 radical (unpaired) electrons. The van der Waals surface area contributed by atoms with Crippen molar-refractivity contribution in [2.24, 2.45) is 0 Å². The Hall–Kier alpha value is -2.96. The van der Waals surface area contributed by atoms with Crippen LogP contribution >= 0.6 is 0 Å². The van der Waals surface area contributed by atoms with Crippen molar-refractivity contribution in [1.29, 1.82) is 0 Å². The predicted molar refractivity (Wildman–Crippen MR) is 157 cm³/mol. The van der Waals surface area contributed by atoms with E-state index in [9.17, 15) is 22.0 Å². The molecule has 0 atom stereocenters. The van der Waals surface area contributed by atoms with Crippen molar-refractivity contribution in [1.82, 2.24) is 23.7 Å². The van der Waals surface area contributed by atoms with Crippen molar-refractivity contribution in [3.63, 3.8) is 0 Å². The number of benzene rings is 1. The van der Waals surface area contributed by atoms with Gasteiger partial charge < -0.3 is 19.2 Å². The lowest BCUT2D eigenvalue weighted by Gasteiger charge is -2.33. The molecule has 0 unspecified atom stereocenters. The van der Waals surface area contributed by atoms with E-state index in [0.29, 0.717) is 87.5 Å². The molecule has 1 aromatic carbocycles. The quantitative estimate of drug-likeness (QED) is 0.248. The molecule has 3 heterocycles. The minimum absolute atomic E-state index is 0.0692. The van der Waals surface area contributed by atoms with Gasteiger partial charge in [0.2, 0.25) is 10.0 Å². The second-order valence-electron chi connectivity index (χ2n) is 9.67. The summed E-state index contributed by atoms with van der Waals surface area (Å²) in [7, 11) is -8.50. The highest BCUT2D eigenvalue weighted by molar-refractivity contribution is 7.89. The summed E-state index contributed by atoms with van der Waals surface area (Å²) in [6, 6.07) is 4.56. The van der Waals surface area contributed by atoms with Gasteiger partial charge in [-0.2, -0.15) is 12.7 Å². The minimum Gasteiger partial charge on any atom is -0.493 e. The van der Waals surface area contributed by atoms with E-state index >= 15 is 0 Å². The van der Waals surface area contributed by atoms with E-state index in [1.54, 1.807) is 10.6 Å². The van der Waals surface area contributed by atoms with Gasteiger partial charge in [-0.25, -0.2) is 13.4 Å². The summed E-state index contributed by atoms with van der Waals surface area (Å²) >= 11 is 0. The van der Waals surface area contributed by atoms with Gasteiger partial charge >= 0.3 is 10.4 Å². The Kier molecular flexibility index (Phi) is 12.2. The van der Waals surface area contributed by atoms with Crippen molar-refractivity contribution in [3.8, 4) is 17.1 Å². The number of halogens is 2. The summed E-state index contributed by atoms with van der Waals surface area (Å²) in [6.07, 6.45) is 3.00. The van der Waals surface area contributed by atoms with E-state index in [2.05, 4.69) is 9.88 Å². The topological polar surface area (TPSA) is 175 Å². The summed E-state index contributed by atoms with van der Waals surface area (Å²) in [5.74, 6) is 0.583. The summed E-state index contributed by atoms with van der Waals surface area (Å²) in [5, 5.41) is 0. The van der Waals surface area contributed by atoms with Gasteiger partial charge in [-0.3, -0.25) is 22.7 Å². The zero-order valence-corrected chi connectivity index (χ0v) is 25.6. The average molecular weight is 650 g/mol. The summed E-state index contributed by atoms with van der Waals surface area (Å²) < 4.78 is 93.1. The van der Waals surface area contributed by atoms with E-state index in [4.69, 9.17) is 27.2 Å². The molecule has 240 valence electrons. The van der Waals surface area contributed by atoms with Gasteiger partial charge in [0, 0.05) is 45.5 Å². The monoisotopic (exact) mass is 649 g/mol. The van der Waals surface area contributed by atoms with E-state index in [-0.39, 0.29) is 16.3 Å². The molecule has 0 amide bonds. The number of alkyl halides is 2. The van der Waals surface area contributed by atoms with Crippen molar-refractivity contribution in [3.05, 3.63) is 40.3 Å². The fourth-order valence-corrected chi connectivity index (χ4v) is 6.30. The molecular formula is C26H37F2N5O8S2. The Morgan fingerprint density at radius 1 is 1.02 bits per heavy atom. The number of hydrogen-bond donors (Lipinski definition) is 3. The molecule has 0 bridgehead atoms. The molecule has 17 heteroatoms. The van der Waals surface area contributed by atoms with Gasteiger partial charge in [-0.15, -0.1) is 0 Å². The van der Waals surface area contributed by atoms with Crippen LogP contribution in [-0.2, 0) is 33.4 Å². The number of aromatic nitrogens is 3. The molecule has 1 aliphatic rings. The van der Waals surface area contributed by atoms with Gasteiger partial charge in [0.15, 0.2) is 0 Å². The Morgan fingerprint density at radius 3 is 2.26 bits per heavy atom. The number of rotatable bonds is 12. The number of hydrogen-bond acceptors (Lipinski definition) is 8. The number of fused-ring (bicyclic) bond motifs is 1. The first-order valence-corrected chi connectivity index (χ1v) is 16.6. The number of sulfonamides is 1. The molecule has 13 nitrogen and oxygen atoms in total. The molecule has 1 fully saturated rings. The smallest absolute Gasteiger partial charge is 0.394 e. The van der Waals surface area contributed by atoms with E-state index in [1.165, 1.54) is 16.4 Å². The van der Waals surface area contributed by atoms with Crippen molar-refractivity contribution in [2.75, 3.05) is 52.7 Å². The van der Waals surface area contributed by atoms with Crippen molar-refractivity contribution in [2.45, 2.75) is 44.6 Å². The third kappa shape index (κ3) is 9.02. The first-order chi connectivity index (χ1) is 20.3. The minimum atomic E-state index is -4.67. The third-order valence-electron chi connectivity index (χ3n) is 6.80. The second kappa shape index (κ2) is 15.2. The van der Waals surface area contributed by atoms with Crippen LogP contribution in [-0.4, -0.2) is 102 Å². The van der Waals surface area contributed by atoms with Crippen molar-refractivity contribution >= 4 is 31.5 Å². The van der Waals surface area contributed by atoms with Gasteiger partial charge in [-0.05, 0) is 56.9 Å². The maximum atomic E-state index is 13.5. The van der Waals surface area contributed by atoms with E-state index in [1.807, 2.05) is 20.0 Å². The molecule has 4 rings (SSSR count). The van der Waals surface area contributed by atoms with E-state index < -0.39 is 33.8 Å². The first kappa shape index (κ1) is 34.5. The highest BCUT2D eigenvalue weighted by Crippen LogP contribution is 2.32. The summed E-state index contributed by atoms with van der Waals surface area (Å²) in [6.45, 7) is 6.02. The van der Waals surface area contributed by atoms with Crippen LogP contribution in [0.2, 0.25) is 0 Å². The van der Waals surface area contributed by atoms with Crippen LogP contribution in [0.15, 0.2) is 34.1 Å². The summed E-state index contributed by atoms with van der Waals surface area (Å²) in [5.41, 5.74) is 1.63. The van der Waals surface area contributed by atoms with Crippen LogP contribution in [0.5, 0.6) is 5.75 Å². The fraction of sp³-hybridized carbons (Fsp3) is 0.538. The van der Waals surface area contributed by atoms with E-state index in [0.717, 1.165) is 5.56 Å². The van der Waals surface area contributed by atoms with Gasteiger partial charge in [0.1, 0.15) is 17.1 Å². The number of nitrogens with one attached hydrogen (secondary N) is 1. The molecule has 43 heavy (non-hydrogen) atoms. The van der Waals surface area contributed by atoms with Crippen molar-refractivity contribution < 1.29 is 39.5 Å². The number of nitrogens with zero attached hydrogens (tertiary/aromatic N) is 4. The number of ether oxygens (including phenoxy) is 1. The predicted octanol–water partition coefficient (Wildman–Crippen LogP) is 2.73. The van der Waals surface area contributed by atoms with Gasteiger partial charge in [-0.1, -0.05) is 0 Å². The molecule has 1 aliphatic heterocycles. The van der Waals surface area contributed by atoms with Crippen LogP contribution in [0.25, 0.3) is 22.4 Å². The fourth-order valence-electron chi connectivity index (χ4n) is 4.85. The lowest BCUT2D eigenvalue weighted by atomic mass is 10.1. The first-order valence-electron chi connectivity index (χ1n) is 13.8. The zero-order chi connectivity index (χ0) is 31.8. The zero-order valence-electron chi connectivity index (χ0n) is 24.0. The Bertz CT molecular complexity index is 1650. The number of aryl methyl sites for hydroxylation is 2. The largest absolute Gasteiger partial charge is 0.493 e. The second-order valence-corrected chi connectivity index (χ2v) is 12.5. The Balaban J connectivity index is 0.000000934. The molecule has 1 saturated heterocycles. The third-order valence-corrected chi connectivity index (χ3v) is 8.70. The van der Waals surface area contributed by atoms with Crippen LogP contribution in [0.1, 0.15) is 32.3 Å². The van der Waals surface area contributed by atoms with Gasteiger partial charge in [0.05, 0.1) is 35.9 Å². The number of piperazine rings is 1. The highest BCUT2D eigenvalue weighted by atomic mass is 32.3. The summed E-state index contributed by atoms with van der Waals surface area (Å²) in [4.78, 5) is 22.8. The Morgan fingerprint density at radius 2 is 1.67 bits per heavy atom. The lowest BCUT2D eigenvalue weighted by Crippen LogP contribution is -2.48. The van der Waals surface area contributed by atoms with Crippen LogP contribution in [0.4, 0.5) is 8.78 Å². The lowest BCUT2D eigenvalue weighted by molar-refractivity contribution is 0.182. The SMILES string of the molecule is CCOc1ccc(S(=O)(=O)N2CCN(CCCF)CC2)cc1-c1nc2c(CCCF)cn(CC)c2c(=O)[nH]1.O=S(=O)(O)O. The molecule has 0 saturated carbocycles. The number of aromatic amines is 1. The standard InChI is InChI=1S/C26H35F2N5O4S.H2O4S/c1-3-32-18-19(7-5-10-27)23-24(32)26(34)30-25(29-23)21-17-20(8-9-22(21)37-4-2)38(35,36)33-15-13-31(14-16-33)12-6-11-28;1-5(2,3)4/h8-9,17-18H,3-7,10-16H2,1-2H3,(H,29,30,34);(H2,1,2,3,4). The maximum absolute atomic E-state index is 13.5. The molecule has 3 aromatic rings. The Labute approximate surface area is 249 Å². The molecule has 0 aliphatic carbocycles. The van der Waals surface area contributed by atoms with Gasteiger partial charge in [0.25, 0.3) is 5.56 Å². The maximum Gasteiger partial charge on any atom is 0.394 e. The number of H-pyrrole nitrogens is 1. The normalized spacial score (nSPS) is 14.9. The average Bonchev–Trinajstić information content (AvgIpc) is 3.32. The van der Waals surface area contributed by atoms with Crippen LogP contribution < -0.4 is 10.3 Å². The molecule has 2 aromatic heterocycles. The molecule has 0 spiro atoms.